The van der Waals surface area contributed by atoms with Crippen molar-refractivity contribution in [1.29, 1.82) is 0 Å². The minimum absolute atomic E-state index is 0.273. The van der Waals surface area contributed by atoms with E-state index in [1.807, 2.05) is 6.07 Å². The fourth-order valence-electron chi connectivity index (χ4n) is 2.45. The predicted molar refractivity (Wildman–Crippen MR) is 93.8 cm³/mol. The van der Waals surface area contributed by atoms with Gasteiger partial charge in [0.15, 0.2) is 9.84 Å². The van der Waals surface area contributed by atoms with Gasteiger partial charge in [-0.15, -0.1) is 0 Å². The summed E-state index contributed by atoms with van der Waals surface area (Å²) in [6.45, 7) is 11.3. The smallest absolute Gasteiger partial charge is 0.152 e. The Morgan fingerprint density at radius 1 is 1.13 bits per heavy atom. The third-order valence-electron chi connectivity index (χ3n) is 4.04. The van der Waals surface area contributed by atoms with Crippen molar-refractivity contribution in [2.75, 3.05) is 43.0 Å². The summed E-state index contributed by atoms with van der Waals surface area (Å²) < 4.78 is 22.9. The third kappa shape index (κ3) is 5.42. The summed E-state index contributed by atoms with van der Waals surface area (Å²) in [5.41, 5.74) is 1.05. The molecule has 1 fully saturated rings. The monoisotopic (exact) mass is 340 g/mol. The second kappa shape index (κ2) is 7.57. The predicted octanol–water partition coefficient (Wildman–Crippen LogP) is 1.87. The van der Waals surface area contributed by atoms with Crippen molar-refractivity contribution in [3.05, 3.63) is 17.6 Å². The standard InChI is InChI=1S/C16H28N4O2S/c1-12(2)14-11-15(19-16(18-14)13(3)4)17-5-6-20-7-9-23(21,22)10-8-20/h11-13H,5-10H2,1-4H3,(H,17,18,19). The van der Waals surface area contributed by atoms with Gasteiger partial charge < -0.3 is 5.32 Å². The molecule has 1 aliphatic heterocycles. The zero-order chi connectivity index (χ0) is 17.0. The molecule has 0 unspecified atom stereocenters. The van der Waals surface area contributed by atoms with Crippen LogP contribution in [0, 0.1) is 0 Å². The Labute approximate surface area is 139 Å². The van der Waals surface area contributed by atoms with Gasteiger partial charge in [-0.05, 0) is 5.92 Å². The van der Waals surface area contributed by atoms with E-state index in [1.54, 1.807) is 0 Å². The Hall–Kier alpha value is -1.21. The number of anilines is 1. The van der Waals surface area contributed by atoms with Crippen LogP contribution in [0.25, 0.3) is 0 Å². The van der Waals surface area contributed by atoms with Crippen LogP contribution < -0.4 is 5.32 Å². The molecule has 1 aromatic rings. The minimum Gasteiger partial charge on any atom is -0.369 e. The number of nitrogens with one attached hydrogen (secondary N) is 1. The van der Waals surface area contributed by atoms with E-state index in [0.717, 1.165) is 30.4 Å². The van der Waals surface area contributed by atoms with E-state index in [0.29, 0.717) is 24.9 Å². The molecule has 0 amide bonds. The number of rotatable bonds is 6. The molecule has 2 rings (SSSR count). The van der Waals surface area contributed by atoms with Crippen LogP contribution >= 0.6 is 0 Å². The Balaban J connectivity index is 1.92. The fourth-order valence-corrected chi connectivity index (χ4v) is 3.72. The number of hydrogen-bond acceptors (Lipinski definition) is 6. The molecule has 0 spiro atoms. The van der Waals surface area contributed by atoms with Gasteiger partial charge in [-0.3, -0.25) is 4.90 Å². The highest BCUT2D eigenvalue weighted by Gasteiger charge is 2.21. The summed E-state index contributed by atoms with van der Waals surface area (Å²) in [6, 6.07) is 2.01. The molecule has 0 bridgehead atoms. The molecule has 1 saturated heterocycles. The Bertz CT molecular complexity index is 589. The average Bonchev–Trinajstić information content (AvgIpc) is 2.48. The quantitative estimate of drug-likeness (QED) is 0.852. The first-order valence-corrected chi connectivity index (χ1v) is 10.1. The van der Waals surface area contributed by atoms with Crippen molar-refractivity contribution in [1.82, 2.24) is 14.9 Å². The van der Waals surface area contributed by atoms with Gasteiger partial charge in [-0.2, -0.15) is 0 Å². The summed E-state index contributed by atoms with van der Waals surface area (Å²) in [6.07, 6.45) is 0. The molecule has 0 aliphatic carbocycles. The molecular formula is C16H28N4O2S. The van der Waals surface area contributed by atoms with Gasteiger partial charge in [-0.25, -0.2) is 18.4 Å². The van der Waals surface area contributed by atoms with Gasteiger partial charge in [0.1, 0.15) is 11.6 Å². The second-order valence-electron chi connectivity index (χ2n) is 6.77. The van der Waals surface area contributed by atoms with Crippen LogP contribution in [-0.2, 0) is 9.84 Å². The van der Waals surface area contributed by atoms with Crippen LogP contribution in [0.15, 0.2) is 6.07 Å². The maximum Gasteiger partial charge on any atom is 0.152 e. The van der Waals surface area contributed by atoms with Gasteiger partial charge >= 0.3 is 0 Å². The van der Waals surface area contributed by atoms with E-state index in [9.17, 15) is 8.42 Å². The van der Waals surface area contributed by atoms with Crippen LogP contribution in [0.4, 0.5) is 5.82 Å². The molecule has 0 aromatic carbocycles. The largest absolute Gasteiger partial charge is 0.369 e. The molecule has 1 N–H and O–H groups in total. The Morgan fingerprint density at radius 2 is 1.78 bits per heavy atom. The third-order valence-corrected chi connectivity index (χ3v) is 5.65. The van der Waals surface area contributed by atoms with Crippen molar-refractivity contribution in [2.45, 2.75) is 39.5 Å². The first-order chi connectivity index (χ1) is 10.8. The molecular weight excluding hydrogens is 312 g/mol. The fraction of sp³-hybridized carbons (Fsp3) is 0.750. The van der Waals surface area contributed by atoms with Gasteiger partial charge in [0.25, 0.3) is 0 Å². The maximum atomic E-state index is 11.4. The normalized spacial score (nSPS) is 18.5. The highest BCUT2D eigenvalue weighted by Crippen LogP contribution is 2.19. The summed E-state index contributed by atoms with van der Waals surface area (Å²) in [4.78, 5) is 11.4. The van der Waals surface area contributed by atoms with E-state index in [2.05, 4.69) is 47.9 Å². The minimum atomic E-state index is -2.81. The Morgan fingerprint density at radius 3 is 2.35 bits per heavy atom. The summed E-state index contributed by atoms with van der Waals surface area (Å²) in [5, 5.41) is 3.36. The highest BCUT2D eigenvalue weighted by molar-refractivity contribution is 7.91. The summed E-state index contributed by atoms with van der Waals surface area (Å²) >= 11 is 0. The first kappa shape index (κ1) is 18.1. The molecule has 23 heavy (non-hydrogen) atoms. The summed E-state index contributed by atoms with van der Waals surface area (Å²) in [5.74, 6) is 2.93. The molecule has 0 saturated carbocycles. The van der Waals surface area contributed by atoms with Gasteiger partial charge in [-0.1, -0.05) is 27.7 Å². The molecule has 6 nitrogen and oxygen atoms in total. The van der Waals surface area contributed by atoms with Crippen LogP contribution in [0.5, 0.6) is 0 Å². The number of nitrogens with zero attached hydrogens (tertiary/aromatic N) is 3. The van der Waals surface area contributed by atoms with Crippen molar-refractivity contribution in [3.8, 4) is 0 Å². The van der Waals surface area contributed by atoms with E-state index >= 15 is 0 Å². The molecule has 0 radical (unpaired) electrons. The zero-order valence-electron chi connectivity index (χ0n) is 14.5. The lowest BCUT2D eigenvalue weighted by Gasteiger charge is -2.26. The van der Waals surface area contributed by atoms with Crippen LogP contribution in [0.1, 0.15) is 51.0 Å². The van der Waals surface area contributed by atoms with Crippen LogP contribution in [-0.4, -0.2) is 61.0 Å². The number of hydrogen-bond donors (Lipinski definition) is 1. The van der Waals surface area contributed by atoms with E-state index < -0.39 is 9.84 Å². The lowest BCUT2D eigenvalue weighted by Crippen LogP contribution is -2.42. The Kier molecular flexibility index (Phi) is 5.97. The lowest BCUT2D eigenvalue weighted by atomic mass is 10.1. The van der Waals surface area contributed by atoms with E-state index in [4.69, 9.17) is 0 Å². The van der Waals surface area contributed by atoms with Crippen molar-refractivity contribution >= 4 is 15.7 Å². The molecule has 0 atom stereocenters. The van der Waals surface area contributed by atoms with Crippen LogP contribution in [0.3, 0.4) is 0 Å². The second-order valence-corrected chi connectivity index (χ2v) is 9.07. The van der Waals surface area contributed by atoms with Crippen molar-refractivity contribution in [2.24, 2.45) is 0 Å². The first-order valence-electron chi connectivity index (χ1n) is 8.32. The average molecular weight is 340 g/mol. The summed E-state index contributed by atoms with van der Waals surface area (Å²) in [7, 11) is -2.81. The highest BCUT2D eigenvalue weighted by atomic mass is 32.2. The SMILES string of the molecule is CC(C)c1cc(NCCN2CCS(=O)(=O)CC2)nc(C(C)C)n1. The molecule has 7 heteroatoms. The molecule has 1 aliphatic rings. The molecule has 1 aromatic heterocycles. The van der Waals surface area contributed by atoms with Crippen molar-refractivity contribution < 1.29 is 8.42 Å². The van der Waals surface area contributed by atoms with E-state index in [1.165, 1.54) is 0 Å². The lowest BCUT2D eigenvalue weighted by molar-refractivity contribution is 0.307. The molecule has 130 valence electrons. The van der Waals surface area contributed by atoms with Gasteiger partial charge in [0.2, 0.25) is 0 Å². The number of sulfone groups is 1. The van der Waals surface area contributed by atoms with Gasteiger partial charge in [0.05, 0.1) is 11.5 Å². The number of aromatic nitrogens is 2. The zero-order valence-corrected chi connectivity index (χ0v) is 15.4. The topological polar surface area (TPSA) is 75.2 Å². The maximum absolute atomic E-state index is 11.4. The van der Waals surface area contributed by atoms with Crippen molar-refractivity contribution in [3.63, 3.8) is 0 Å². The van der Waals surface area contributed by atoms with E-state index in [-0.39, 0.29) is 11.5 Å². The van der Waals surface area contributed by atoms with Gasteiger partial charge in [0, 0.05) is 43.9 Å². The molecule has 2 heterocycles. The van der Waals surface area contributed by atoms with Crippen LogP contribution in [0.2, 0.25) is 0 Å².